The monoisotopic (exact) mass is 527 g/mol. The molecular weight excluding hydrogens is 506 g/mol. The molecule has 10 heteroatoms. The molecular formula is C24H22BrN3O6. The summed E-state index contributed by atoms with van der Waals surface area (Å²) >= 11 is 3.41. The molecule has 0 atom stereocenters. The average Bonchev–Trinajstić information content (AvgIpc) is 2.84. The van der Waals surface area contributed by atoms with Crippen molar-refractivity contribution in [2.24, 2.45) is 5.10 Å². The third-order valence-corrected chi connectivity index (χ3v) is 5.10. The number of hydrazone groups is 1. The van der Waals surface area contributed by atoms with E-state index in [2.05, 4.69) is 26.5 Å². The Morgan fingerprint density at radius 2 is 1.79 bits per heavy atom. The number of carbonyl (C=O) groups excluding carboxylic acids is 1. The number of benzene rings is 3. The van der Waals surface area contributed by atoms with Crippen LogP contribution in [0.4, 0.5) is 5.69 Å². The molecule has 0 aliphatic rings. The number of methoxy groups -OCH3 is 1. The van der Waals surface area contributed by atoms with E-state index in [1.807, 2.05) is 13.0 Å². The molecule has 0 aliphatic heterocycles. The van der Waals surface area contributed by atoms with Crippen molar-refractivity contribution in [3.8, 4) is 17.2 Å². The first kappa shape index (κ1) is 24.7. The molecule has 3 rings (SSSR count). The molecule has 9 nitrogen and oxygen atoms in total. The number of ether oxygens (including phenoxy) is 3. The number of nitrogens with zero attached hydrogens (tertiary/aromatic N) is 2. The summed E-state index contributed by atoms with van der Waals surface area (Å²) in [5, 5.41) is 14.8. The van der Waals surface area contributed by atoms with Crippen LogP contribution in [0.2, 0.25) is 0 Å². The summed E-state index contributed by atoms with van der Waals surface area (Å²) in [6.07, 6.45) is 1.47. The molecule has 3 aromatic carbocycles. The van der Waals surface area contributed by atoms with Crippen molar-refractivity contribution in [2.45, 2.75) is 13.5 Å². The van der Waals surface area contributed by atoms with Crippen molar-refractivity contribution in [2.75, 3.05) is 13.7 Å². The smallest absolute Gasteiger partial charge is 0.271 e. The van der Waals surface area contributed by atoms with Gasteiger partial charge in [0.1, 0.15) is 12.4 Å². The Balaban J connectivity index is 1.68. The zero-order valence-electron chi connectivity index (χ0n) is 18.5. The van der Waals surface area contributed by atoms with Crippen molar-refractivity contribution in [1.29, 1.82) is 0 Å². The molecule has 176 valence electrons. The lowest BCUT2D eigenvalue weighted by atomic mass is 10.2. The van der Waals surface area contributed by atoms with Crippen LogP contribution in [-0.4, -0.2) is 30.8 Å². The molecule has 1 amide bonds. The van der Waals surface area contributed by atoms with Crippen LogP contribution in [0.1, 0.15) is 28.4 Å². The van der Waals surface area contributed by atoms with Crippen LogP contribution >= 0.6 is 15.9 Å². The van der Waals surface area contributed by atoms with Gasteiger partial charge >= 0.3 is 0 Å². The van der Waals surface area contributed by atoms with Gasteiger partial charge in [-0.2, -0.15) is 5.10 Å². The number of non-ortho nitro benzene ring substituents is 1. The van der Waals surface area contributed by atoms with Gasteiger partial charge in [0.2, 0.25) is 0 Å². The third-order valence-electron chi connectivity index (χ3n) is 4.61. The van der Waals surface area contributed by atoms with Gasteiger partial charge in [-0.1, -0.05) is 15.9 Å². The second-order valence-electron chi connectivity index (χ2n) is 6.89. The van der Waals surface area contributed by atoms with Gasteiger partial charge in [0.15, 0.2) is 11.5 Å². The lowest BCUT2D eigenvalue weighted by molar-refractivity contribution is -0.384. The molecule has 3 aromatic rings. The van der Waals surface area contributed by atoms with E-state index in [9.17, 15) is 14.9 Å². The largest absolute Gasteiger partial charge is 0.493 e. The maximum Gasteiger partial charge on any atom is 0.271 e. The molecule has 0 bridgehead atoms. The molecule has 0 radical (unpaired) electrons. The Morgan fingerprint density at radius 3 is 2.47 bits per heavy atom. The number of amides is 1. The summed E-state index contributed by atoms with van der Waals surface area (Å²) in [5.41, 5.74) is 4.26. The summed E-state index contributed by atoms with van der Waals surface area (Å²) in [6.45, 7) is 2.55. The minimum Gasteiger partial charge on any atom is -0.493 e. The van der Waals surface area contributed by atoms with E-state index in [-0.39, 0.29) is 12.3 Å². The minimum absolute atomic E-state index is 0.0149. The number of hydrogen-bond donors (Lipinski definition) is 1. The van der Waals surface area contributed by atoms with Crippen LogP contribution in [0.25, 0.3) is 0 Å². The predicted molar refractivity (Wildman–Crippen MR) is 131 cm³/mol. The number of carbonyl (C=O) groups is 1. The Hall–Kier alpha value is -3.92. The number of rotatable bonds is 10. The van der Waals surface area contributed by atoms with E-state index in [0.29, 0.717) is 35.0 Å². The fraction of sp³-hybridized carbons (Fsp3) is 0.167. The highest BCUT2D eigenvalue weighted by Gasteiger charge is 2.11. The Labute approximate surface area is 204 Å². The van der Waals surface area contributed by atoms with Gasteiger partial charge in [-0.15, -0.1) is 0 Å². The fourth-order valence-corrected chi connectivity index (χ4v) is 3.31. The maximum absolute atomic E-state index is 12.5. The summed E-state index contributed by atoms with van der Waals surface area (Å²) < 4.78 is 17.4. The minimum atomic E-state index is -0.453. The quantitative estimate of drug-likeness (QED) is 0.223. The van der Waals surface area contributed by atoms with Gasteiger partial charge < -0.3 is 14.2 Å². The Kier molecular flexibility index (Phi) is 8.58. The molecule has 1 N–H and O–H groups in total. The van der Waals surface area contributed by atoms with Gasteiger partial charge in [0.25, 0.3) is 11.6 Å². The van der Waals surface area contributed by atoms with Crippen molar-refractivity contribution in [3.05, 3.63) is 91.9 Å². The van der Waals surface area contributed by atoms with Gasteiger partial charge in [0.05, 0.1) is 24.9 Å². The first-order valence-corrected chi connectivity index (χ1v) is 11.0. The molecule has 0 heterocycles. The molecule has 0 unspecified atom stereocenters. The van der Waals surface area contributed by atoms with Crippen LogP contribution in [0.5, 0.6) is 17.2 Å². The zero-order valence-corrected chi connectivity index (χ0v) is 20.1. The van der Waals surface area contributed by atoms with E-state index in [1.165, 1.54) is 25.5 Å². The van der Waals surface area contributed by atoms with Crippen molar-refractivity contribution in [1.82, 2.24) is 5.43 Å². The molecule has 34 heavy (non-hydrogen) atoms. The summed E-state index contributed by atoms with van der Waals surface area (Å²) in [6, 6.07) is 16.3. The molecule has 0 fully saturated rings. The molecule has 0 saturated carbocycles. The number of nitro benzene ring substituents is 1. The molecule has 0 saturated heterocycles. The second kappa shape index (κ2) is 11.8. The normalized spacial score (nSPS) is 10.7. The first-order chi connectivity index (χ1) is 16.4. The molecule has 0 aliphatic carbocycles. The van der Waals surface area contributed by atoms with E-state index >= 15 is 0 Å². The van der Waals surface area contributed by atoms with Gasteiger partial charge in [-0.25, -0.2) is 5.43 Å². The van der Waals surface area contributed by atoms with Crippen LogP contribution in [-0.2, 0) is 6.61 Å². The van der Waals surface area contributed by atoms with Gasteiger partial charge in [0, 0.05) is 27.7 Å². The first-order valence-electron chi connectivity index (χ1n) is 10.2. The van der Waals surface area contributed by atoms with E-state index in [1.54, 1.807) is 42.5 Å². The van der Waals surface area contributed by atoms with E-state index in [0.717, 1.165) is 10.0 Å². The highest BCUT2D eigenvalue weighted by atomic mass is 79.9. The maximum atomic E-state index is 12.5. The second-order valence-corrected chi connectivity index (χ2v) is 7.81. The van der Waals surface area contributed by atoms with Gasteiger partial charge in [-0.05, 0) is 61.0 Å². The van der Waals surface area contributed by atoms with Crippen LogP contribution < -0.4 is 19.6 Å². The summed E-state index contributed by atoms with van der Waals surface area (Å²) in [7, 11) is 1.50. The van der Waals surface area contributed by atoms with E-state index in [4.69, 9.17) is 14.2 Å². The van der Waals surface area contributed by atoms with Crippen molar-refractivity contribution >= 4 is 33.7 Å². The number of nitro groups is 1. The predicted octanol–water partition coefficient (Wildman–Crippen LogP) is 5.11. The third kappa shape index (κ3) is 6.55. The van der Waals surface area contributed by atoms with Crippen LogP contribution in [0.15, 0.2) is 70.2 Å². The Bertz CT molecular complexity index is 1200. The number of hydrogen-bond acceptors (Lipinski definition) is 7. The fourth-order valence-electron chi connectivity index (χ4n) is 2.94. The summed E-state index contributed by atoms with van der Waals surface area (Å²) in [5.74, 6) is 1.12. The lowest BCUT2D eigenvalue weighted by Crippen LogP contribution is -2.17. The SMILES string of the molecule is CCOc1ccc(C(=O)N/N=C/c2cc(Br)ccc2OCc2ccc([N+](=O)[O-])cc2)cc1OC. The Morgan fingerprint density at radius 1 is 1.06 bits per heavy atom. The molecule has 0 aromatic heterocycles. The standard InChI is InChI=1S/C24H22BrN3O6/c1-3-33-22-10-6-17(13-23(22)32-2)24(29)27-26-14-18-12-19(25)7-11-21(18)34-15-16-4-8-20(9-5-16)28(30)31/h4-14H,3,15H2,1-2H3,(H,27,29)/b26-14+. The number of nitrogens with one attached hydrogen (secondary N) is 1. The van der Waals surface area contributed by atoms with Crippen LogP contribution in [0.3, 0.4) is 0 Å². The van der Waals surface area contributed by atoms with Gasteiger partial charge in [-0.3, -0.25) is 14.9 Å². The van der Waals surface area contributed by atoms with Crippen LogP contribution in [0, 0.1) is 10.1 Å². The topological polar surface area (TPSA) is 112 Å². The highest BCUT2D eigenvalue weighted by Crippen LogP contribution is 2.28. The van der Waals surface area contributed by atoms with Crippen molar-refractivity contribution in [3.63, 3.8) is 0 Å². The molecule has 0 spiro atoms. The summed E-state index contributed by atoms with van der Waals surface area (Å²) in [4.78, 5) is 22.8. The van der Waals surface area contributed by atoms with E-state index < -0.39 is 10.8 Å². The lowest BCUT2D eigenvalue weighted by Gasteiger charge is -2.11. The highest BCUT2D eigenvalue weighted by molar-refractivity contribution is 9.10. The number of halogens is 1. The zero-order chi connectivity index (χ0) is 24.5. The average molecular weight is 528 g/mol. The van der Waals surface area contributed by atoms with Crippen molar-refractivity contribution < 1.29 is 23.9 Å².